The monoisotopic (exact) mass is 759 g/mol. The highest BCUT2D eigenvalue weighted by atomic mass is 19.4. The molecule has 0 aliphatic carbocycles. The molecule has 0 radical (unpaired) electrons. The van der Waals surface area contributed by atoms with Gasteiger partial charge in [-0.15, -0.1) is 0 Å². The summed E-state index contributed by atoms with van der Waals surface area (Å²) in [5.74, 6) is -9.95. The van der Waals surface area contributed by atoms with Crippen LogP contribution in [0.2, 0.25) is 0 Å². The number of benzene rings is 4. The van der Waals surface area contributed by atoms with Crippen molar-refractivity contribution < 1.29 is 75.2 Å². The van der Waals surface area contributed by atoms with Crippen molar-refractivity contribution in [3.05, 3.63) is 118 Å². The van der Waals surface area contributed by atoms with E-state index >= 15 is 0 Å². The van der Waals surface area contributed by atoms with E-state index in [2.05, 4.69) is 10.6 Å². The van der Waals surface area contributed by atoms with Gasteiger partial charge in [-0.3, -0.25) is 14.4 Å². The van der Waals surface area contributed by atoms with E-state index in [4.69, 9.17) is 9.84 Å². The number of aromatic carboxylic acids is 2. The van der Waals surface area contributed by atoms with Gasteiger partial charge in [-0.1, -0.05) is 12.1 Å². The molecule has 0 saturated carbocycles. The number of carboxylic acids is 3. The van der Waals surface area contributed by atoms with Gasteiger partial charge in [0.15, 0.2) is 0 Å². The second-order valence-electron chi connectivity index (χ2n) is 10.8. The SMILES string of the molecule is CNC(=O)c1cc(-c2ccc(C(=O)O)c(C(=O)Nc3ccc(Oc4ccc(NC(=O)/C=C\C(=O)O)cc4C(F)(F)F)c(C(F)(F)F)c3)c2)ccc1C(=O)O. The van der Waals surface area contributed by atoms with Crippen molar-refractivity contribution in [2.45, 2.75) is 12.4 Å². The molecule has 0 unspecified atom stereocenters. The van der Waals surface area contributed by atoms with E-state index in [1.54, 1.807) is 0 Å². The van der Waals surface area contributed by atoms with Crippen molar-refractivity contribution in [3.8, 4) is 22.6 Å². The first kappa shape index (κ1) is 39.6. The minimum Gasteiger partial charge on any atom is -0.478 e. The molecule has 0 aliphatic heterocycles. The number of amides is 3. The summed E-state index contributed by atoms with van der Waals surface area (Å²) in [5, 5.41) is 34.1. The summed E-state index contributed by atoms with van der Waals surface area (Å²) in [6.07, 6.45) is -9.58. The molecule has 0 fully saturated rings. The lowest BCUT2D eigenvalue weighted by molar-refractivity contribution is -0.139. The second-order valence-corrected chi connectivity index (χ2v) is 10.8. The van der Waals surface area contributed by atoms with Crippen LogP contribution in [0.5, 0.6) is 11.5 Å². The molecule has 3 amide bonds. The Bertz CT molecular complexity index is 2230. The molecule has 280 valence electrons. The normalized spacial score (nSPS) is 11.5. The highest BCUT2D eigenvalue weighted by Crippen LogP contribution is 2.44. The molecule has 4 aromatic carbocycles. The van der Waals surface area contributed by atoms with Crippen molar-refractivity contribution in [2.24, 2.45) is 0 Å². The number of halogens is 6. The first-order valence-corrected chi connectivity index (χ1v) is 14.8. The van der Waals surface area contributed by atoms with Gasteiger partial charge in [0.1, 0.15) is 22.6 Å². The molecule has 0 aromatic heterocycles. The van der Waals surface area contributed by atoms with Crippen LogP contribution in [0, 0.1) is 0 Å². The number of carbonyl (C=O) groups is 6. The highest BCUT2D eigenvalue weighted by Gasteiger charge is 2.38. The number of anilines is 2. The summed E-state index contributed by atoms with van der Waals surface area (Å²) in [5.41, 5.74) is -5.90. The molecule has 0 bridgehead atoms. The van der Waals surface area contributed by atoms with Gasteiger partial charge in [-0.05, 0) is 71.8 Å². The number of carbonyl (C=O) groups excluding carboxylic acids is 3. The average molecular weight is 760 g/mol. The lowest BCUT2D eigenvalue weighted by atomic mass is 9.95. The fraction of sp³-hybridized carbons (Fsp3) is 0.0857. The van der Waals surface area contributed by atoms with Crippen molar-refractivity contribution in [2.75, 3.05) is 17.7 Å². The molecule has 19 heteroatoms. The van der Waals surface area contributed by atoms with E-state index in [0.29, 0.717) is 36.4 Å². The zero-order valence-corrected chi connectivity index (χ0v) is 27.1. The van der Waals surface area contributed by atoms with E-state index in [-0.39, 0.29) is 22.3 Å². The molecule has 0 spiro atoms. The van der Waals surface area contributed by atoms with Crippen molar-refractivity contribution in [1.82, 2.24) is 5.32 Å². The number of ether oxygens (including phenoxy) is 1. The van der Waals surface area contributed by atoms with Crippen LogP contribution in [0.15, 0.2) is 84.9 Å². The molecule has 0 atom stereocenters. The molecule has 0 heterocycles. The Hall–Kier alpha value is -7.18. The van der Waals surface area contributed by atoms with Crippen LogP contribution in [-0.2, 0) is 21.9 Å². The van der Waals surface area contributed by atoms with E-state index in [9.17, 15) is 65.3 Å². The Morgan fingerprint density at radius 3 is 1.43 bits per heavy atom. The topological polar surface area (TPSA) is 208 Å². The van der Waals surface area contributed by atoms with Gasteiger partial charge in [-0.2, -0.15) is 26.3 Å². The van der Waals surface area contributed by atoms with Gasteiger partial charge >= 0.3 is 30.3 Å². The maximum absolute atomic E-state index is 14.2. The fourth-order valence-electron chi connectivity index (χ4n) is 4.82. The van der Waals surface area contributed by atoms with Crippen LogP contribution >= 0.6 is 0 Å². The third-order valence-corrected chi connectivity index (χ3v) is 7.24. The predicted molar refractivity (Wildman–Crippen MR) is 176 cm³/mol. The number of hydrogen-bond acceptors (Lipinski definition) is 7. The predicted octanol–water partition coefficient (Wildman–Crippen LogP) is 6.77. The van der Waals surface area contributed by atoms with Crippen molar-refractivity contribution in [1.29, 1.82) is 0 Å². The van der Waals surface area contributed by atoms with Crippen LogP contribution < -0.4 is 20.7 Å². The van der Waals surface area contributed by atoms with E-state index in [1.807, 2.05) is 5.32 Å². The first-order chi connectivity index (χ1) is 25.2. The summed E-state index contributed by atoms with van der Waals surface area (Å²) >= 11 is 0. The van der Waals surface area contributed by atoms with Gasteiger partial charge in [0.25, 0.3) is 11.8 Å². The number of aliphatic carboxylic acids is 1. The zero-order chi connectivity index (χ0) is 40.1. The smallest absolute Gasteiger partial charge is 0.420 e. The number of nitrogens with one attached hydrogen (secondary N) is 3. The van der Waals surface area contributed by atoms with Crippen molar-refractivity contribution >= 4 is 47.0 Å². The molecular weight excluding hydrogens is 736 g/mol. The fourth-order valence-corrected chi connectivity index (χ4v) is 4.82. The van der Waals surface area contributed by atoms with Crippen LogP contribution in [0.3, 0.4) is 0 Å². The molecule has 4 rings (SSSR count). The van der Waals surface area contributed by atoms with E-state index < -0.39 is 93.1 Å². The zero-order valence-electron chi connectivity index (χ0n) is 27.1. The minimum absolute atomic E-state index is 0.106. The third kappa shape index (κ3) is 9.37. The minimum atomic E-state index is -5.28. The summed E-state index contributed by atoms with van der Waals surface area (Å²) in [4.78, 5) is 71.7. The average Bonchev–Trinajstić information content (AvgIpc) is 3.10. The quantitative estimate of drug-likeness (QED) is 0.0698. The van der Waals surface area contributed by atoms with Gasteiger partial charge in [0, 0.05) is 30.6 Å². The summed E-state index contributed by atoms with van der Waals surface area (Å²) in [6, 6.07) is 10.4. The largest absolute Gasteiger partial charge is 0.478 e. The standard InChI is InChI=1S/C35H23F6N3O10/c1-42-30(48)22-12-16(2-6-20(22)32(50)51)17-3-7-21(33(52)53)23(13-17)31(49)44-19-5-9-27(25(15-19)35(39,40)41)54-26-8-4-18(14-24(26)34(36,37)38)43-28(45)10-11-29(46)47/h2-15H,1H3,(H,42,48)(H,43,45)(H,44,49)(H,46,47)(H,50,51)(H,52,53)/b11-10-. The number of rotatable bonds is 11. The highest BCUT2D eigenvalue weighted by molar-refractivity contribution is 6.12. The lowest BCUT2D eigenvalue weighted by Gasteiger charge is -2.19. The molecule has 13 nitrogen and oxygen atoms in total. The summed E-state index contributed by atoms with van der Waals surface area (Å²) in [6.45, 7) is 0. The maximum atomic E-state index is 14.2. The Balaban J connectivity index is 1.70. The second kappa shape index (κ2) is 15.6. The summed E-state index contributed by atoms with van der Waals surface area (Å²) < 4.78 is 89.5. The first-order valence-electron chi connectivity index (χ1n) is 14.8. The number of alkyl halides is 6. The maximum Gasteiger partial charge on any atom is 0.420 e. The molecule has 4 aromatic rings. The van der Waals surface area contributed by atoms with Gasteiger partial charge in [0.05, 0.1) is 22.3 Å². The number of hydrogen-bond donors (Lipinski definition) is 6. The van der Waals surface area contributed by atoms with Crippen LogP contribution in [-0.4, -0.2) is 58.0 Å². The van der Waals surface area contributed by atoms with Crippen LogP contribution in [0.25, 0.3) is 11.1 Å². The lowest BCUT2D eigenvalue weighted by Crippen LogP contribution is -2.21. The Morgan fingerprint density at radius 2 is 1.02 bits per heavy atom. The van der Waals surface area contributed by atoms with Crippen molar-refractivity contribution in [3.63, 3.8) is 0 Å². The molecule has 6 N–H and O–H groups in total. The number of carboxylic acid groups (broad SMARTS) is 3. The third-order valence-electron chi connectivity index (χ3n) is 7.24. The van der Waals surface area contributed by atoms with Gasteiger partial charge in [-0.25, -0.2) is 14.4 Å². The van der Waals surface area contributed by atoms with Gasteiger partial charge < -0.3 is 36.0 Å². The molecular formula is C35H23F6N3O10. The van der Waals surface area contributed by atoms with Crippen LogP contribution in [0.4, 0.5) is 37.7 Å². The Labute approximate surface area is 298 Å². The Kier molecular flexibility index (Phi) is 11.4. The summed E-state index contributed by atoms with van der Waals surface area (Å²) in [7, 11) is 1.25. The molecule has 0 aliphatic rings. The van der Waals surface area contributed by atoms with E-state index in [0.717, 1.165) is 30.3 Å². The van der Waals surface area contributed by atoms with E-state index in [1.165, 1.54) is 25.2 Å². The molecule has 54 heavy (non-hydrogen) atoms. The van der Waals surface area contributed by atoms with Crippen LogP contribution in [0.1, 0.15) is 52.6 Å². The Morgan fingerprint density at radius 1 is 0.574 bits per heavy atom. The molecule has 0 saturated heterocycles. The van der Waals surface area contributed by atoms with Gasteiger partial charge in [0.2, 0.25) is 5.91 Å².